The standard InChI is InChI=1S/C11H10O2/c1-2-3-9-4-6-10(7-5-9)8-11(12)13/h4-7H,8H2,1H3,(H,12,13). The quantitative estimate of drug-likeness (QED) is 0.693. The lowest BCUT2D eigenvalue weighted by Crippen LogP contribution is -1.99. The predicted molar refractivity (Wildman–Crippen MR) is 50.3 cm³/mol. The average Bonchev–Trinajstić information content (AvgIpc) is 2.08. The number of hydrogen-bond acceptors (Lipinski definition) is 1. The topological polar surface area (TPSA) is 37.3 Å². The zero-order valence-electron chi connectivity index (χ0n) is 7.37. The second kappa shape index (κ2) is 4.32. The molecule has 2 heteroatoms. The Bertz CT molecular complexity index is 352. The molecule has 13 heavy (non-hydrogen) atoms. The zero-order valence-corrected chi connectivity index (χ0v) is 7.37. The van der Waals surface area contributed by atoms with Crippen LogP contribution in [0.25, 0.3) is 0 Å². The maximum Gasteiger partial charge on any atom is 0.307 e. The molecule has 1 rings (SSSR count). The molecule has 1 aromatic carbocycles. The van der Waals surface area contributed by atoms with Gasteiger partial charge in [-0.1, -0.05) is 18.1 Å². The number of hydrogen-bond donors (Lipinski definition) is 1. The van der Waals surface area contributed by atoms with Gasteiger partial charge in [-0.3, -0.25) is 4.79 Å². The molecule has 0 aliphatic heterocycles. The van der Waals surface area contributed by atoms with E-state index in [1.54, 1.807) is 19.1 Å². The van der Waals surface area contributed by atoms with Gasteiger partial charge in [-0.05, 0) is 24.6 Å². The normalized spacial score (nSPS) is 8.69. The molecule has 1 aromatic rings. The molecule has 0 atom stereocenters. The van der Waals surface area contributed by atoms with Gasteiger partial charge in [0.25, 0.3) is 0 Å². The number of rotatable bonds is 2. The van der Waals surface area contributed by atoms with Crippen molar-refractivity contribution >= 4 is 5.97 Å². The van der Waals surface area contributed by atoms with Crippen molar-refractivity contribution in [2.24, 2.45) is 0 Å². The Labute approximate surface area is 77.2 Å². The van der Waals surface area contributed by atoms with Crippen LogP contribution in [-0.4, -0.2) is 11.1 Å². The first-order valence-corrected chi connectivity index (χ1v) is 3.96. The maximum absolute atomic E-state index is 10.4. The van der Waals surface area contributed by atoms with Gasteiger partial charge in [0.2, 0.25) is 0 Å². The fourth-order valence-electron chi connectivity index (χ4n) is 1.02. The zero-order chi connectivity index (χ0) is 9.68. The van der Waals surface area contributed by atoms with Crippen LogP contribution in [0.3, 0.4) is 0 Å². The molecular formula is C11H10O2. The molecule has 0 fully saturated rings. The van der Waals surface area contributed by atoms with Crippen LogP contribution >= 0.6 is 0 Å². The minimum absolute atomic E-state index is 0.0693. The molecule has 2 nitrogen and oxygen atoms in total. The molecule has 66 valence electrons. The molecule has 0 radical (unpaired) electrons. The molecule has 0 aliphatic rings. The first-order chi connectivity index (χ1) is 6.22. The van der Waals surface area contributed by atoms with Crippen molar-refractivity contribution in [1.82, 2.24) is 0 Å². The summed E-state index contributed by atoms with van der Waals surface area (Å²) in [6, 6.07) is 7.23. The Hall–Kier alpha value is -1.75. The van der Waals surface area contributed by atoms with E-state index in [1.165, 1.54) is 0 Å². The average molecular weight is 174 g/mol. The molecule has 0 saturated carbocycles. The molecule has 0 heterocycles. The highest BCUT2D eigenvalue weighted by Crippen LogP contribution is 2.03. The lowest BCUT2D eigenvalue weighted by atomic mass is 10.1. The predicted octanol–water partition coefficient (Wildman–Crippen LogP) is 1.69. The largest absolute Gasteiger partial charge is 0.481 e. The third-order valence-corrected chi connectivity index (χ3v) is 1.58. The molecule has 0 amide bonds. The van der Waals surface area contributed by atoms with E-state index in [0.29, 0.717) is 0 Å². The number of carboxylic acid groups (broad SMARTS) is 1. The Morgan fingerprint density at radius 3 is 2.46 bits per heavy atom. The van der Waals surface area contributed by atoms with Crippen LogP contribution in [0, 0.1) is 11.8 Å². The summed E-state index contributed by atoms with van der Waals surface area (Å²) in [6.07, 6.45) is 0.0693. The van der Waals surface area contributed by atoms with Gasteiger partial charge in [0.15, 0.2) is 0 Å². The van der Waals surface area contributed by atoms with E-state index in [9.17, 15) is 4.79 Å². The van der Waals surface area contributed by atoms with Gasteiger partial charge in [-0.2, -0.15) is 0 Å². The highest BCUT2D eigenvalue weighted by atomic mass is 16.4. The minimum Gasteiger partial charge on any atom is -0.481 e. The monoisotopic (exact) mass is 174 g/mol. The number of carboxylic acids is 1. The van der Waals surface area contributed by atoms with E-state index in [1.807, 2.05) is 12.1 Å². The van der Waals surface area contributed by atoms with Crippen molar-refractivity contribution in [3.63, 3.8) is 0 Å². The first-order valence-electron chi connectivity index (χ1n) is 3.96. The molecule has 0 spiro atoms. The summed E-state index contributed by atoms with van der Waals surface area (Å²) in [4.78, 5) is 10.4. The smallest absolute Gasteiger partial charge is 0.307 e. The van der Waals surface area contributed by atoms with Gasteiger partial charge in [0.05, 0.1) is 6.42 Å². The lowest BCUT2D eigenvalue weighted by Gasteiger charge is -1.96. The summed E-state index contributed by atoms with van der Waals surface area (Å²) in [6.45, 7) is 1.77. The molecule has 0 aromatic heterocycles. The Morgan fingerprint density at radius 2 is 2.00 bits per heavy atom. The number of aliphatic carboxylic acids is 1. The van der Waals surface area contributed by atoms with Gasteiger partial charge in [0, 0.05) is 5.56 Å². The van der Waals surface area contributed by atoms with Crippen LogP contribution in [0.1, 0.15) is 18.1 Å². The lowest BCUT2D eigenvalue weighted by molar-refractivity contribution is -0.136. The van der Waals surface area contributed by atoms with Crippen LogP contribution in [0.4, 0.5) is 0 Å². The van der Waals surface area contributed by atoms with Crippen LogP contribution < -0.4 is 0 Å². The summed E-state index contributed by atoms with van der Waals surface area (Å²) >= 11 is 0. The van der Waals surface area contributed by atoms with Crippen molar-refractivity contribution in [3.8, 4) is 11.8 Å². The first kappa shape index (κ1) is 9.34. The summed E-state index contributed by atoms with van der Waals surface area (Å²) in [5.74, 6) is 4.86. The second-order valence-electron chi connectivity index (χ2n) is 2.64. The Kier molecular flexibility index (Phi) is 3.10. The second-order valence-corrected chi connectivity index (χ2v) is 2.64. The maximum atomic E-state index is 10.4. The van der Waals surface area contributed by atoms with Crippen molar-refractivity contribution in [3.05, 3.63) is 35.4 Å². The van der Waals surface area contributed by atoms with E-state index in [4.69, 9.17) is 5.11 Å². The summed E-state index contributed by atoms with van der Waals surface area (Å²) in [5.41, 5.74) is 1.71. The third-order valence-electron chi connectivity index (χ3n) is 1.58. The van der Waals surface area contributed by atoms with Gasteiger partial charge in [-0.15, -0.1) is 5.92 Å². The van der Waals surface area contributed by atoms with E-state index in [-0.39, 0.29) is 6.42 Å². The number of benzene rings is 1. The summed E-state index contributed by atoms with van der Waals surface area (Å²) in [7, 11) is 0. The molecule has 0 saturated heterocycles. The van der Waals surface area contributed by atoms with Gasteiger partial charge >= 0.3 is 5.97 Å². The fourth-order valence-corrected chi connectivity index (χ4v) is 1.02. The third kappa shape index (κ3) is 3.00. The van der Waals surface area contributed by atoms with Crippen molar-refractivity contribution in [1.29, 1.82) is 0 Å². The van der Waals surface area contributed by atoms with Gasteiger partial charge < -0.3 is 5.11 Å². The van der Waals surface area contributed by atoms with Gasteiger partial charge in [0.1, 0.15) is 0 Å². The summed E-state index contributed by atoms with van der Waals surface area (Å²) in [5, 5.41) is 8.51. The minimum atomic E-state index is -0.811. The van der Waals surface area contributed by atoms with E-state index < -0.39 is 5.97 Å². The van der Waals surface area contributed by atoms with E-state index in [2.05, 4.69) is 11.8 Å². The molecule has 0 aliphatic carbocycles. The molecule has 0 unspecified atom stereocenters. The highest BCUT2D eigenvalue weighted by molar-refractivity contribution is 5.70. The van der Waals surface area contributed by atoms with E-state index in [0.717, 1.165) is 11.1 Å². The molecular weight excluding hydrogens is 164 g/mol. The van der Waals surface area contributed by atoms with Crippen LogP contribution in [0.5, 0.6) is 0 Å². The van der Waals surface area contributed by atoms with Crippen molar-refractivity contribution in [2.45, 2.75) is 13.3 Å². The summed E-state index contributed by atoms with van der Waals surface area (Å²) < 4.78 is 0. The van der Waals surface area contributed by atoms with Crippen molar-refractivity contribution in [2.75, 3.05) is 0 Å². The SMILES string of the molecule is CC#Cc1ccc(CC(=O)O)cc1. The van der Waals surface area contributed by atoms with Crippen LogP contribution in [-0.2, 0) is 11.2 Å². The fraction of sp³-hybridized carbons (Fsp3) is 0.182. The van der Waals surface area contributed by atoms with Crippen LogP contribution in [0.2, 0.25) is 0 Å². The highest BCUT2D eigenvalue weighted by Gasteiger charge is 1.98. The van der Waals surface area contributed by atoms with Crippen LogP contribution in [0.15, 0.2) is 24.3 Å². The van der Waals surface area contributed by atoms with Gasteiger partial charge in [-0.25, -0.2) is 0 Å². The Morgan fingerprint density at radius 1 is 1.38 bits per heavy atom. The van der Waals surface area contributed by atoms with Crippen molar-refractivity contribution < 1.29 is 9.90 Å². The molecule has 0 bridgehead atoms. The van der Waals surface area contributed by atoms with E-state index >= 15 is 0 Å². The number of carbonyl (C=O) groups is 1. The Balaban J connectivity index is 2.79. The molecule has 1 N–H and O–H groups in total.